The molecule has 0 amide bonds. The number of benzene rings is 1. The molecule has 114 valence electrons. The molecule has 0 aliphatic heterocycles. The molecule has 0 unspecified atom stereocenters. The van der Waals surface area contributed by atoms with Crippen molar-refractivity contribution < 1.29 is 8.42 Å². The van der Waals surface area contributed by atoms with Gasteiger partial charge in [-0.05, 0) is 69.3 Å². The average molecular weight is 501 g/mol. The maximum Gasteiger partial charge on any atom is 0.263 e. The van der Waals surface area contributed by atoms with Crippen LogP contribution in [0.25, 0.3) is 0 Å². The van der Waals surface area contributed by atoms with E-state index in [0.29, 0.717) is 16.0 Å². The van der Waals surface area contributed by atoms with Gasteiger partial charge in [-0.1, -0.05) is 13.0 Å². The summed E-state index contributed by atoms with van der Waals surface area (Å²) in [6.45, 7) is 3.52. The van der Waals surface area contributed by atoms with Crippen LogP contribution in [0.15, 0.2) is 39.0 Å². The standard InChI is InChI=1S/C13H14BrIN2O2S2/c1-2-16-8-11-7-12(13(14)20-11)21(18,19)17-10-5-3-4-9(15)6-10/h3-7,16-17H,2,8H2,1H3. The summed E-state index contributed by atoms with van der Waals surface area (Å²) in [5.41, 5.74) is 0.563. The topological polar surface area (TPSA) is 58.2 Å². The zero-order valence-corrected chi connectivity index (χ0v) is 16.6. The smallest absolute Gasteiger partial charge is 0.263 e. The molecule has 0 radical (unpaired) electrons. The monoisotopic (exact) mass is 500 g/mol. The van der Waals surface area contributed by atoms with Gasteiger partial charge < -0.3 is 5.32 Å². The van der Waals surface area contributed by atoms with Crippen molar-refractivity contribution in [1.29, 1.82) is 0 Å². The largest absolute Gasteiger partial charge is 0.312 e. The van der Waals surface area contributed by atoms with Gasteiger partial charge in [-0.15, -0.1) is 11.3 Å². The Bertz CT molecular complexity index is 732. The highest BCUT2D eigenvalue weighted by molar-refractivity contribution is 14.1. The Hall–Kier alpha value is -0.160. The maximum atomic E-state index is 12.5. The second-order valence-electron chi connectivity index (χ2n) is 4.25. The summed E-state index contributed by atoms with van der Waals surface area (Å²) in [6, 6.07) is 8.96. The molecular weight excluding hydrogens is 487 g/mol. The molecule has 0 fully saturated rings. The van der Waals surface area contributed by atoms with Crippen LogP contribution in [0.5, 0.6) is 0 Å². The van der Waals surface area contributed by atoms with E-state index in [2.05, 4.69) is 48.6 Å². The van der Waals surface area contributed by atoms with E-state index in [0.717, 1.165) is 15.0 Å². The number of hydrogen-bond donors (Lipinski definition) is 2. The maximum absolute atomic E-state index is 12.5. The highest BCUT2D eigenvalue weighted by Crippen LogP contribution is 2.32. The molecule has 2 N–H and O–H groups in total. The van der Waals surface area contributed by atoms with E-state index in [1.54, 1.807) is 18.2 Å². The van der Waals surface area contributed by atoms with E-state index in [-0.39, 0.29) is 4.90 Å². The van der Waals surface area contributed by atoms with Crippen molar-refractivity contribution in [1.82, 2.24) is 5.32 Å². The SMILES string of the molecule is CCNCc1cc(S(=O)(=O)Nc2cccc(I)c2)c(Br)s1. The highest BCUT2D eigenvalue weighted by atomic mass is 127. The van der Waals surface area contributed by atoms with Crippen molar-refractivity contribution >= 4 is 65.6 Å². The van der Waals surface area contributed by atoms with Crippen LogP contribution in [0.4, 0.5) is 5.69 Å². The summed E-state index contributed by atoms with van der Waals surface area (Å²) in [5.74, 6) is 0. The van der Waals surface area contributed by atoms with Crippen LogP contribution in [0.3, 0.4) is 0 Å². The van der Waals surface area contributed by atoms with E-state index in [1.807, 2.05) is 19.1 Å². The van der Waals surface area contributed by atoms with Gasteiger partial charge in [0.25, 0.3) is 10.0 Å². The third kappa shape index (κ3) is 4.65. The summed E-state index contributed by atoms with van der Waals surface area (Å²) in [7, 11) is -3.58. The van der Waals surface area contributed by atoms with Crippen molar-refractivity contribution in [3.05, 3.63) is 42.6 Å². The molecule has 0 aliphatic carbocycles. The number of nitrogens with one attached hydrogen (secondary N) is 2. The molecule has 0 saturated heterocycles. The number of rotatable bonds is 6. The predicted molar refractivity (Wildman–Crippen MR) is 99.4 cm³/mol. The Labute approximate surface area is 150 Å². The third-order valence-electron chi connectivity index (χ3n) is 2.62. The van der Waals surface area contributed by atoms with E-state index in [4.69, 9.17) is 0 Å². The van der Waals surface area contributed by atoms with Gasteiger partial charge in [0.2, 0.25) is 0 Å². The fraction of sp³-hybridized carbons (Fsp3) is 0.231. The van der Waals surface area contributed by atoms with Crippen LogP contribution >= 0.6 is 49.9 Å². The van der Waals surface area contributed by atoms with Gasteiger partial charge in [0.15, 0.2) is 0 Å². The first-order valence-corrected chi connectivity index (χ1v) is 10.4. The highest BCUT2D eigenvalue weighted by Gasteiger charge is 2.21. The molecule has 1 heterocycles. The molecule has 1 aromatic heterocycles. The third-order valence-corrected chi connectivity index (χ3v) is 6.93. The molecule has 0 bridgehead atoms. The van der Waals surface area contributed by atoms with Crippen LogP contribution in [0, 0.1) is 3.57 Å². The molecule has 1 aromatic carbocycles. The van der Waals surface area contributed by atoms with E-state index >= 15 is 0 Å². The van der Waals surface area contributed by atoms with Crippen molar-refractivity contribution in [2.75, 3.05) is 11.3 Å². The van der Waals surface area contributed by atoms with Crippen LogP contribution in [-0.2, 0) is 16.6 Å². The molecule has 8 heteroatoms. The van der Waals surface area contributed by atoms with Gasteiger partial charge >= 0.3 is 0 Å². The molecule has 2 rings (SSSR count). The molecule has 21 heavy (non-hydrogen) atoms. The summed E-state index contributed by atoms with van der Waals surface area (Å²) in [5, 5.41) is 3.19. The quantitative estimate of drug-likeness (QED) is 0.589. The number of anilines is 1. The minimum Gasteiger partial charge on any atom is -0.312 e. The van der Waals surface area contributed by atoms with Crippen molar-refractivity contribution in [3.8, 4) is 0 Å². The fourth-order valence-electron chi connectivity index (χ4n) is 1.68. The number of thiophene rings is 1. The van der Waals surface area contributed by atoms with E-state index < -0.39 is 10.0 Å². The first-order chi connectivity index (χ1) is 9.92. The van der Waals surface area contributed by atoms with Crippen LogP contribution < -0.4 is 10.0 Å². The molecular formula is C13H14BrIN2O2S2. The number of hydrogen-bond acceptors (Lipinski definition) is 4. The summed E-state index contributed by atoms with van der Waals surface area (Å²) in [4.78, 5) is 1.26. The molecule has 0 saturated carbocycles. The Morgan fingerprint density at radius 2 is 2.10 bits per heavy atom. The van der Waals surface area contributed by atoms with Gasteiger partial charge in [0.05, 0.1) is 3.79 Å². The summed E-state index contributed by atoms with van der Waals surface area (Å²) < 4.78 is 29.1. The Morgan fingerprint density at radius 3 is 2.76 bits per heavy atom. The second-order valence-corrected chi connectivity index (χ2v) is 9.60. The molecule has 0 spiro atoms. The van der Waals surface area contributed by atoms with Crippen molar-refractivity contribution in [2.45, 2.75) is 18.4 Å². The fourth-order valence-corrected chi connectivity index (χ4v) is 5.92. The second kappa shape index (κ2) is 7.40. The first kappa shape index (κ1) is 17.2. The van der Waals surface area contributed by atoms with Gasteiger partial charge in [0.1, 0.15) is 4.90 Å². The lowest BCUT2D eigenvalue weighted by molar-refractivity contribution is 0.601. The average Bonchev–Trinajstić information content (AvgIpc) is 2.78. The van der Waals surface area contributed by atoms with E-state index in [9.17, 15) is 8.42 Å². The van der Waals surface area contributed by atoms with Crippen molar-refractivity contribution in [2.24, 2.45) is 0 Å². The number of halogens is 2. The normalized spacial score (nSPS) is 11.6. The first-order valence-electron chi connectivity index (χ1n) is 6.19. The molecule has 0 aliphatic rings. The summed E-state index contributed by atoms with van der Waals surface area (Å²) in [6.07, 6.45) is 0. The van der Waals surface area contributed by atoms with Crippen molar-refractivity contribution in [3.63, 3.8) is 0 Å². The minimum atomic E-state index is -3.58. The van der Waals surface area contributed by atoms with Crippen LogP contribution in [0.2, 0.25) is 0 Å². The van der Waals surface area contributed by atoms with Gasteiger partial charge in [-0.3, -0.25) is 4.72 Å². The molecule has 2 aromatic rings. The minimum absolute atomic E-state index is 0.277. The van der Waals surface area contributed by atoms with Crippen LogP contribution in [0.1, 0.15) is 11.8 Å². The van der Waals surface area contributed by atoms with Crippen LogP contribution in [-0.4, -0.2) is 15.0 Å². The van der Waals surface area contributed by atoms with Gasteiger partial charge in [0, 0.05) is 20.7 Å². The lowest BCUT2D eigenvalue weighted by atomic mass is 10.3. The Morgan fingerprint density at radius 1 is 1.33 bits per heavy atom. The lowest BCUT2D eigenvalue weighted by Crippen LogP contribution is -2.13. The molecule has 4 nitrogen and oxygen atoms in total. The van der Waals surface area contributed by atoms with Gasteiger partial charge in [-0.2, -0.15) is 0 Å². The predicted octanol–water partition coefficient (Wildman–Crippen LogP) is 4.03. The van der Waals surface area contributed by atoms with E-state index in [1.165, 1.54) is 11.3 Å². The Balaban J connectivity index is 2.25. The zero-order valence-electron chi connectivity index (χ0n) is 11.2. The number of sulfonamides is 1. The lowest BCUT2D eigenvalue weighted by Gasteiger charge is -2.07. The zero-order chi connectivity index (χ0) is 15.5. The van der Waals surface area contributed by atoms with Gasteiger partial charge in [-0.25, -0.2) is 8.42 Å². The molecule has 0 atom stereocenters. The summed E-state index contributed by atoms with van der Waals surface area (Å²) >= 11 is 6.92. The Kier molecular flexibility index (Phi) is 6.06.